The third-order valence-electron chi connectivity index (χ3n) is 4.97. The minimum atomic E-state index is -0.190. The molecule has 1 heterocycles. The van der Waals surface area contributed by atoms with Gasteiger partial charge in [-0.3, -0.25) is 10.8 Å². The quantitative estimate of drug-likeness (QED) is 0.456. The number of aliphatic imine (C=N–C) groups is 1. The van der Waals surface area contributed by atoms with Gasteiger partial charge >= 0.3 is 0 Å². The fourth-order valence-corrected chi connectivity index (χ4v) is 2.90. The van der Waals surface area contributed by atoms with Crippen LogP contribution in [0.3, 0.4) is 0 Å². The second kappa shape index (κ2) is 8.02. The smallest absolute Gasteiger partial charge is 0.120 e. The molecule has 0 radical (unpaired) electrons. The maximum atomic E-state index is 6.10. The molecule has 1 aromatic carbocycles. The van der Waals surface area contributed by atoms with E-state index in [1.807, 2.05) is 31.3 Å². The molecule has 0 saturated heterocycles. The van der Waals surface area contributed by atoms with Crippen LogP contribution < -0.4 is 21.3 Å². The van der Waals surface area contributed by atoms with Crippen LogP contribution in [0.1, 0.15) is 25.3 Å². The number of nitrogen functional groups attached to an aromatic ring is 1. The lowest BCUT2D eigenvalue weighted by atomic mass is 9.97. The molecule has 146 valence electrons. The Morgan fingerprint density at radius 3 is 2.93 bits per heavy atom. The van der Waals surface area contributed by atoms with Gasteiger partial charge in [0.15, 0.2) is 0 Å². The Bertz CT molecular complexity index is 755. The fraction of sp³-hybridized carbons (Fsp3) is 0.450. The van der Waals surface area contributed by atoms with Crippen LogP contribution in [0.4, 0.5) is 5.69 Å². The third-order valence-corrected chi connectivity index (χ3v) is 4.97. The van der Waals surface area contributed by atoms with E-state index in [4.69, 9.17) is 15.3 Å². The summed E-state index contributed by atoms with van der Waals surface area (Å²) in [7, 11) is 3.70. The first kappa shape index (κ1) is 19.3. The van der Waals surface area contributed by atoms with Crippen molar-refractivity contribution in [2.75, 3.05) is 32.7 Å². The summed E-state index contributed by atoms with van der Waals surface area (Å²) in [5, 5.41) is 3.18. The van der Waals surface area contributed by atoms with Crippen molar-refractivity contribution in [3.63, 3.8) is 0 Å². The molecule has 0 amide bonds. The van der Waals surface area contributed by atoms with Gasteiger partial charge in [-0.2, -0.15) is 0 Å². The highest BCUT2D eigenvalue weighted by atomic mass is 16.5. The maximum absolute atomic E-state index is 6.10. The number of ether oxygens (including phenoxy) is 2. The zero-order chi connectivity index (χ0) is 19.4. The Balaban J connectivity index is 1.81. The van der Waals surface area contributed by atoms with E-state index < -0.39 is 0 Å². The molecule has 0 unspecified atom stereocenters. The highest BCUT2D eigenvalue weighted by molar-refractivity contribution is 5.81. The molecule has 0 spiro atoms. The molecule has 1 aromatic rings. The van der Waals surface area contributed by atoms with E-state index in [0.29, 0.717) is 6.61 Å². The van der Waals surface area contributed by atoms with Crippen LogP contribution in [0.15, 0.2) is 41.7 Å². The number of hydrogen-bond acceptors (Lipinski definition) is 7. The van der Waals surface area contributed by atoms with Gasteiger partial charge in [-0.05, 0) is 49.6 Å². The van der Waals surface area contributed by atoms with Crippen LogP contribution in [0.25, 0.3) is 5.57 Å². The van der Waals surface area contributed by atoms with Crippen LogP contribution in [-0.4, -0.2) is 50.2 Å². The van der Waals surface area contributed by atoms with E-state index in [1.54, 1.807) is 13.4 Å². The molecule has 4 N–H and O–H groups in total. The molecule has 1 aliphatic heterocycles. The number of likely N-dealkylation sites (N-methyl/N-ethyl adjacent to an activating group) is 1. The molecule has 7 nitrogen and oxygen atoms in total. The molecule has 1 atom stereocenters. The molecule has 3 rings (SSSR count). The van der Waals surface area contributed by atoms with Gasteiger partial charge < -0.3 is 25.1 Å². The van der Waals surface area contributed by atoms with Gasteiger partial charge in [0.05, 0.1) is 24.7 Å². The summed E-state index contributed by atoms with van der Waals surface area (Å²) in [4.78, 5) is 6.62. The van der Waals surface area contributed by atoms with Crippen LogP contribution >= 0.6 is 0 Å². The molecule has 27 heavy (non-hydrogen) atoms. The number of anilines is 1. The monoisotopic (exact) mass is 371 g/mol. The van der Waals surface area contributed by atoms with Gasteiger partial charge in [-0.15, -0.1) is 0 Å². The predicted octanol–water partition coefficient (Wildman–Crippen LogP) is 2.34. The number of nitrogens with zero attached hydrogens (tertiary/aromatic N) is 2. The average Bonchev–Trinajstić information content (AvgIpc) is 3.42. The number of benzene rings is 1. The van der Waals surface area contributed by atoms with E-state index in [1.165, 1.54) is 0 Å². The van der Waals surface area contributed by atoms with Crippen molar-refractivity contribution in [3.05, 3.63) is 42.2 Å². The van der Waals surface area contributed by atoms with E-state index in [0.717, 1.165) is 47.8 Å². The molecule has 7 heteroatoms. The van der Waals surface area contributed by atoms with Gasteiger partial charge in [-0.1, -0.05) is 6.58 Å². The number of hydrazine groups is 1. The fourth-order valence-electron chi connectivity index (χ4n) is 2.90. The zero-order valence-electron chi connectivity index (χ0n) is 16.3. The molecular weight excluding hydrogens is 342 g/mol. The zero-order valence-corrected chi connectivity index (χ0v) is 16.3. The van der Waals surface area contributed by atoms with Crippen molar-refractivity contribution in [2.24, 2.45) is 10.8 Å². The first-order valence-corrected chi connectivity index (χ1v) is 9.15. The Labute approximate surface area is 160 Å². The van der Waals surface area contributed by atoms with Gasteiger partial charge in [0.2, 0.25) is 0 Å². The predicted molar refractivity (Wildman–Crippen MR) is 110 cm³/mol. The lowest BCUT2D eigenvalue weighted by Gasteiger charge is -2.27. The minimum absolute atomic E-state index is 0.0414. The number of methoxy groups -OCH3 is 1. The summed E-state index contributed by atoms with van der Waals surface area (Å²) < 4.78 is 11.2. The summed E-state index contributed by atoms with van der Waals surface area (Å²) in [5.74, 6) is 7.51. The summed E-state index contributed by atoms with van der Waals surface area (Å²) in [6, 6.07) is 5.65. The molecule has 1 saturated carbocycles. The second-order valence-corrected chi connectivity index (χ2v) is 7.26. The first-order valence-electron chi connectivity index (χ1n) is 9.15. The Morgan fingerprint density at radius 2 is 2.26 bits per heavy atom. The van der Waals surface area contributed by atoms with Crippen molar-refractivity contribution in [1.29, 1.82) is 0 Å². The van der Waals surface area contributed by atoms with Crippen molar-refractivity contribution in [3.8, 4) is 5.75 Å². The lowest BCUT2D eigenvalue weighted by molar-refractivity contribution is 0.172. The molecule has 1 fully saturated rings. The van der Waals surface area contributed by atoms with Gasteiger partial charge in [0.25, 0.3) is 0 Å². The van der Waals surface area contributed by atoms with E-state index in [2.05, 4.69) is 34.1 Å². The van der Waals surface area contributed by atoms with Crippen molar-refractivity contribution >= 4 is 17.6 Å². The first-order chi connectivity index (χ1) is 13.0. The summed E-state index contributed by atoms with van der Waals surface area (Å²) in [6.07, 6.45) is 5.92. The van der Waals surface area contributed by atoms with Crippen LogP contribution in [0.5, 0.6) is 5.75 Å². The Hall–Kier alpha value is -2.51. The van der Waals surface area contributed by atoms with Crippen LogP contribution in [0, 0.1) is 0 Å². The van der Waals surface area contributed by atoms with Gasteiger partial charge in [0.1, 0.15) is 17.2 Å². The highest BCUT2D eigenvalue weighted by Gasteiger charge is 2.40. The standard InChI is InChI=1S/C20H29N5O2/c1-14(18-12-19(23-13-22-18)25(3)9-10-26-4)16-11-15(5-6-17(16)24-21)27-20(2)7-8-20/h5-6,11-13,18,24H,1,7-10,21H2,2-4H3,(H,22,23)/t18-/m1/s1. The molecule has 2 aliphatic rings. The highest BCUT2D eigenvalue weighted by Crippen LogP contribution is 2.41. The van der Waals surface area contributed by atoms with E-state index in [9.17, 15) is 0 Å². The van der Waals surface area contributed by atoms with Crippen LogP contribution in [-0.2, 0) is 4.74 Å². The van der Waals surface area contributed by atoms with Crippen molar-refractivity contribution < 1.29 is 9.47 Å². The Kier molecular flexibility index (Phi) is 5.72. The minimum Gasteiger partial charge on any atom is -0.488 e. The largest absolute Gasteiger partial charge is 0.488 e. The Morgan fingerprint density at radius 1 is 1.48 bits per heavy atom. The summed E-state index contributed by atoms with van der Waals surface area (Å²) >= 11 is 0. The van der Waals surface area contributed by atoms with Gasteiger partial charge in [0, 0.05) is 26.3 Å². The lowest BCUT2D eigenvalue weighted by Crippen LogP contribution is -2.34. The van der Waals surface area contributed by atoms with E-state index in [-0.39, 0.29) is 11.6 Å². The topological polar surface area (TPSA) is 84.1 Å². The SMILES string of the molecule is C=C(c1cc(OC2(C)CC2)ccc1NN)[C@H]1C=C(N(C)CCOC)NC=N1. The van der Waals surface area contributed by atoms with Crippen molar-refractivity contribution in [2.45, 2.75) is 31.4 Å². The summed E-state index contributed by atoms with van der Waals surface area (Å²) in [6.45, 7) is 7.84. The van der Waals surface area contributed by atoms with Crippen molar-refractivity contribution in [1.82, 2.24) is 10.2 Å². The number of nitrogens with two attached hydrogens (primary N) is 1. The molecule has 0 aromatic heterocycles. The van der Waals surface area contributed by atoms with Crippen LogP contribution in [0.2, 0.25) is 0 Å². The molecule has 1 aliphatic carbocycles. The van der Waals surface area contributed by atoms with Gasteiger partial charge in [-0.25, -0.2) is 0 Å². The second-order valence-electron chi connectivity index (χ2n) is 7.26. The number of nitrogens with one attached hydrogen (secondary N) is 2. The number of hydrogen-bond donors (Lipinski definition) is 3. The average molecular weight is 371 g/mol. The molecular formula is C20H29N5O2. The molecule has 0 bridgehead atoms. The maximum Gasteiger partial charge on any atom is 0.120 e. The normalized spacial score (nSPS) is 19.7. The summed E-state index contributed by atoms with van der Waals surface area (Å²) in [5.41, 5.74) is 5.26. The van der Waals surface area contributed by atoms with E-state index >= 15 is 0 Å². The number of rotatable bonds is 9. The third kappa shape index (κ3) is 4.61.